The molecule has 132 valence electrons. The molecule has 1 atom stereocenters. The highest BCUT2D eigenvalue weighted by molar-refractivity contribution is 5.97. The predicted molar refractivity (Wildman–Crippen MR) is 100 cm³/mol. The fourth-order valence-corrected chi connectivity index (χ4v) is 3.58. The van der Waals surface area contributed by atoms with Crippen LogP contribution in [0.2, 0.25) is 0 Å². The number of likely N-dealkylation sites (tertiary alicyclic amines) is 1. The number of carbonyl (C=O) groups excluding carboxylic acids is 1. The van der Waals surface area contributed by atoms with E-state index in [2.05, 4.69) is 9.97 Å². The molecule has 0 spiro atoms. The molecule has 1 fully saturated rings. The molecule has 0 N–H and O–H groups in total. The van der Waals surface area contributed by atoms with E-state index in [-0.39, 0.29) is 5.91 Å². The summed E-state index contributed by atoms with van der Waals surface area (Å²) in [7, 11) is 1.62. The number of ether oxygens (including phenoxy) is 1. The Labute approximate surface area is 152 Å². The maximum absolute atomic E-state index is 12.9. The lowest BCUT2D eigenvalue weighted by Gasteiger charge is -2.17. The molecule has 0 aliphatic carbocycles. The van der Waals surface area contributed by atoms with Crippen LogP contribution < -0.4 is 4.74 Å². The van der Waals surface area contributed by atoms with Gasteiger partial charge in [0.15, 0.2) is 0 Å². The fourth-order valence-electron chi connectivity index (χ4n) is 3.58. The van der Waals surface area contributed by atoms with Crippen molar-refractivity contribution in [2.45, 2.75) is 12.8 Å². The third-order valence-corrected chi connectivity index (χ3v) is 4.91. The largest absolute Gasteiger partial charge is 0.496 e. The van der Waals surface area contributed by atoms with E-state index >= 15 is 0 Å². The summed E-state index contributed by atoms with van der Waals surface area (Å²) < 4.78 is 5.46. The molecule has 1 amide bonds. The van der Waals surface area contributed by atoms with E-state index in [0.717, 1.165) is 42.5 Å². The van der Waals surface area contributed by atoms with Crippen molar-refractivity contribution in [1.29, 1.82) is 0 Å². The molecule has 1 saturated heterocycles. The number of para-hydroxylation sites is 1. The Morgan fingerprint density at radius 3 is 2.88 bits per heavy atom. The Morgan fingerprint density at radius 1 is 1.23 bits per heavy atom. The van der Waals surface area contributed by atoms with Gasteiger partial charge in [-0.2, -0.15) is 0 Å². The zero-order valence-electron chi connectivity index (χ0n) is 14.8. The van der Waals surface area contributed by atoms with Gasteiger partial charge in [-0.25, -0.2) is 4.98 Å². The Morgan fingerprint density at radius 2 is 2.08 bits per heavy atom. The van der Waals surface area contributed by atoms with Crippen LogP contribution in [0.1, 0.15) is 22.6 Å². The van der Waals surface area contributed by atoms with Crippen LogP contribution in [0.25, 0.3) is 10.9 Å². The van der Waals surface area contributed by atoms with Gasteiger partial charge in [-0.3, -0.25) is 9.78 Å². The van der Waals surface area contributed by atoms with Crippen LogP contribution in [-0.4, -0.2) is 41.0 Å². The van der Waals surface area contributed by atoms with Gasteiger partial charge < -0.3 is 9.64 Å². The second kappa shape index (κ2) is 7.12. The van der Waals surface area contributed by atoms with Crippen molar-refractivity contribution >= 4 is 16.8 Å². The lowest BCUT2D eigenvalue weighted by molar-refractivity contribution is 0.0781. The first-order valence-corrected chi connectivity index (χ1v) is 8.87. The van der Waals surface area contributed by atoms with Crippen LogP contribution in [-0.2, 0) is 6.42 Å². The topological polar surface area (TPSA) is 55.3 Å². The standard InChI is InChI=1S/C21H21N3O2/c1-26-20-13-19(23-18-8-3-2-7-17(18)20)21(25)24-11-9-15(14-24)12-16-6-4-5-10-22-16/h2-8,10,13,15H,9,11-12,14H2,1H3. The van der Waals surface area contributed by atoms with Crippen molar-refractivity contribution in [3.8, 4) is 5.75 Å². The Bertz CT molecular complexity index is 927. The number of aromatic nitrogens is 2. The summed E-state index contributed by atoms with van der Waals surface area (Å²) in [6.07, 6.45) is 3.71. The summed E-state index contributed by atoms with van der Waals surface area (Å²) >= 11 is 0. The van der Waals surface area contributed by atoms with Gasteiger partial charge in [0.2, 0.25) is 0 Å². The fraction of sp³-hybridized carbons (Fsp3) is 0.286. The van der Waals surface area contributed by atoms with Crippen molar-refractivity contribution in [3.63, 3.8) is 0 Å². The third-order valence-electron chi connectivity index (χ3n) is 4.91. The van der Waals surface area contributed by atoms with Gasteiger partial charge in [0, 0.05) is 36.4 Å². The van der Waals surface area contributed by atoms with Crippen LogP contribution in [0.4, 0.5) is 0 Å². The highest BCUT2D eigenvalue weighted by Crippen LogP contribution is 2.27. The summed E-state index contributed by atoms with van der Waals surface area (Å²) in [5, 5.41) is 0.918. The second-order valence-corrected chi connectivity index (χ2v) is 6.66. The van der Waals surface area contributed by atoms with E-state index in [4.69, 9.17) is 4.74 Å². The number of nitrogens with zero attached hydrogens (tertiary/aromatic N) is 3. The second-order valence-electron chi connectivity index (χ2n) is 6.66. The van der Waals surface area contributed by atoms with Crippen molar-refractivity contribution in [2.24, 2.45) is 5.92 Å². The molecule has 1 aromatic carbocycles. The summed E-state index contributed by atoms with van der Waals surface area (Å²) in [4.78, 5) is 23.8. The van der Waals surface area contributed by atoms with Crippen molar-refractivity contribution in [3.05, 3.63) is 66.1 Å². The highest BCUT2D eigenvalue weighted by atomic mass is 16.5. The number of rotatable bonds is 4. The van der Waals surface area contributed by atoms with Crippen molar-refractivity contribution in [2.75, 3.05) is 20.2 Å². The molecule has 1 unspecified atom stereocenters. The van der Waals surface area contributed by atoms with Crippen LogP contribution in [0.5, 0.6) is 5.75 Å². The summed E-state index contributed by atoms with van der Waals surface area (Å²) in [5.41, 5.74) is 2.30. The molecule has 5 nitrogen and oxygen atoms in total. The number of benzene rings is 1. The average molecular weight is 347 g/mol. The molecule has 0 bridgehead atoms. The van der Waals surface area contributed by atoms with E-state index in [9.17, 15) is 4.79 Å². The van der Waals surface area contributed by atoms with E-state index < -0.39 is 0 Å². The zero-order chi connectivity index (χ0) is 17.9. The molecule has 0 radical (unpaired) electrons. The van der Waals surface area contributed by atoms with E-state index in [1.807, 2.05) is 53.6 Å². The quantitative estimate of drug-likeness (QED) is 0.726. The molecule has 4 rings (SSSR count). The number of methoxy groups -OCH3 is 1. The molecule has 26 heavy (non-hydrogen) atoms. The first-order valence-electron chi connectivity index (χ1n) is 8.87. The van der Waals surface area contributed by atoms with Gasteiger partial charge in [-0.05, 0) is 43.0 Å². The molecule has 2 aromatic heterocycles. The summed E-state index contributed by atoms with van der Waals surface area (Å²) in [6, 6.07) is 15.4. The van der Waals surface area contributed by atoms with Gasteiger partial charge in [0.05, 0.1) is 12.6 Å². The maximum atomic E-state index is 12.9. The van der Waals surface area contributed by atoms with Gasteiger partial charge in [0.25, 0.3) is 5.91 Å². The smallest absolute Gasteiger partial charge is 0.272 e. The number of hydrogen-bond donors (Lipinski definition) is 0. The Hall–Kier alpha value is -2.95. The van der Waals surface area contributed by atoms with Crippen LogP contribution in [0, 0.1) is 5.92 Å². The number of carbonyl (C=O) groups is 1. The lowest BCUT2D eigenvalue weighted by atomic mass is 10.0. The molecule has 1 aliphatic heterocycles. The van der Waals surface area contributed by atoms with Crippen molar-refractivity contribution < 1.29 is 9.53 Å². The number of pyridine rings is 2. The minimum Gasteiger partial charge on any atom is -0.496 e. The monoisotopic (exact) mass is 347 g/mol. The SMILES string of the molecule is COc1cc(C(=O)N2CCC(Cc3ccccn3)C2)nc2ccccc12. The minimum absolute atomic E-state index is 0.0300. The molecule has 3 heterocycles. The Kier molecular flexibility index (Phi) is 4.52. The van der Waals surface area contributed by atoms with E-state index in [0.29, 0.717) is 17.4 Å². The highest BCUT2D eigenvalue weighted by Gasteiger charge is 2.28. The van der Waals surface area contributed by atoms with Crippen molar-refractivity contribution in [1.82, 2.24) is 14.9 Å². The molecule has 0 saturated carbocycles. The number of hydrogen-bond acceptors (Lipinski definition) is 4. The van der Waals surface area contributed by atoms with E-state index in [1.54, 1.807) is 13.2 Å². The van der Waals surface area contributed by atoms with Gasteiger partial charge >= 0.3 is 0 Å². The first kappa shape index (κ1) is 16.5. The summed E-state index contributed by atoms with van der Waals surface area (Å²) in [6.45, 7) is 1.50. The molecular formula is C21H21N3O2. The third kappa shape index (κ3) is 3.25. The molecule has 3 aromatic rings. The van der Waals surface area contributed by atoms with Gasteiger partial charge in [0.1, 0.15) is 11.4 Å². The molecule has 1 aliphatic rings. The van der Waals surface area contributed by atoms with Crippen LogP contribution >= 0.6 is 0 Å². The predicted octanol–water partition coefficient (Wildman–Crippen LogP) is 3.34. The first-order chi connectivity index (χ1) is 12.7. The molecular weight excluding hydrogens is 326 g/mol. The average Bonchev–Trinajstić information content (AvgIpc) is 3.15. The van der Waals surface area contributed by atoms with Crippen LogP contribution in [0.3, 0.4) is 0 Å². The number of amides is 1. The Balaban J connectivity index is 1.52. The number of fused-ring (bicyclic) bond motifs is 1. The maximum Gasteiger partial charge on any atom is 0.272 e. The van der Waals surface area contributed by atoms with Gasteiger partial charge in [-0.1, -0.05) is 18.2 Å². The minimum atomic E-state index is -0.0300. The zero-order valence-corrected chi connectivity index (χ0v) is 14.8. The van der Waals surface area contributed by atoms with Crippen LogP contribution in [0.15, 0.2) is 54.7 Å². The normalized spacial score (nSPS) is 16.8. The van der Waals surface area contributed by atoms with E-state index in [1.165, 1.54) is 0 Å². The summed E-state index contributed by atoms with van der Waals surface area (Å²) in [5.74, 6) is 1.09. The molecule has 5 heteroatoms. The van der Waals surface area contributed by atoms with Gasteiger partial charge in [-0.15, -0.1) is 0 Å². The lowest BCUT2D eigenvalue weighted by Crippen LogP contribution is -2.29.